The highest BCUT2D eigenvalue weighted by Gasteiger charge is 2.52. The molecule has 1 aromatic carbocycles. The van der Waals surface area contributed by atoms with Crippen molar-refractivity contribution in [3.8, 4) is 12.3 Å². The predicted molar refractivity (Wildman–Crippen MR) is 68.4 cm³/mol. The van der Waals surface area contributed by atoms with Gasteiger partial charge in [-0.1, -0.05) is 36.3 Å². The lowest BCUT2D eigenvalue weighted by molar-refractivity contribution is -0.133. The molecule has 0 radical (unpaired) electrons. The zero-order chi connectivity index (χ0) is 12.3. The quantitative estimate of drug-likeness (QED) is 0.722. The highest BCUT2D eigenvalue weighted by molar-refractivity contribution is 5.91. The van der Waals surface area contributed by atoms with E-state index >= 15 is 0 Å². The first-order chi connectivity index (χ1) is 8.24. The van der Waals surface area contributed by atoms with E-state index in [9.17, 15) is 4.79 Å². The minimum absolute atomic E-state index is 0.184. The molecule has 0 bridgehead atoms. The highest BCUT2D eigenvalue weighted by atomic mass is 16.2. The van der Waals surface area contributed by atoms with Gasteiger partial charge in [0, 0.05) is 6.54 Å². The van der Waals surface area contributed by atoms with Gasteiger partial charge in [0.2, 0.25) is 5.91 Å². The van der Waals surface area contributed by atoms with Crippen LogP contribution in [0, 0.1) is 12.3 Å². The van der Waals surface area contributed by atoms with Crippen LogP contribution in [0.15, 0.2) is 30.3 Å². The average Bonchev–Trinajstić information content (AvgIpc) is 3.18. The molecule has 2 nitrogen and oxygen atoms in total. The second kappa shape index (κ2) is 4.63. The summed E-state index contributed by atoms with van der Waals surface area (Å²) in [5.41, 5.74) is 0.842. The smallest absolute Gasteiger partial charge is 0.234 e. The minimum atomic E-state index is -0.284. The molecular formula is C15H17NO. The maximum atomic E-state index is 12.5. The van der Waals surface area contributed by atoms with Gasteiger partial charge in [0.25, 0.3) is 0 Å². The molecule has 1 aromatic rings. The number of carbonyl (C=O) groups is 1. The number of hydrogen-bond acceptors (Lipinski definition) is 1. The topological polar surface area (TPSA) is 20.3 Å². The lowest BCUT2D eigenvalue weighted by atomic mass is 9.94. The van der Waals surface area contributed by atoms with Gasteiger partial charge >= 0.3 is 0 Å². The molecule has 1 aliphatic carbocycles. The van der Waals surface area contributed by atoms with E-state index in [0.717, 1.165) is 18.4 Å². The summed E-state index contributed by atoms with van der Waals surface area (Å²) >= 11 is 0. The largest absolute Gasteiger partial charge is 0.331 e. The van der Waals surface area contributed by atoms with Crippen LogP contribution >= 0.6 is 0 Å². The van der Waals surface area contributed by atoms with Crippen molar-refractivity contribution in [1.82, 2.24) is 4.90 Å². The molecule has 0 aliphatic heterocycles. The van der Waals surface area contributed by atoms with E-state index in [-0.39, 0.29) is 11.3 Å². The number of hydrogen-bond donors (Lipinski definition) is 0. The van der Waals surface area contributed by atoms with Gasteiger partial charge < -0.3 is 4.90 Å². The molecule has 1 aliphatic rings. The SMILES string of the molecule is C#CCN(CC)C(=O)C1(c2ccccc2)CC1. The maximum absolute atomic E-state index is 12.5. The number of likely N-dealkylation sites (N-methyl/N-ethyl adjacent to an activating group) is 1. The van der Waals surface area contributed by atoms with Crippen LogP contribution < -0.4 is 0 Å². The zero-order valence-corrected chi connectivity index (χ0v) is 10.1. The van der Waals surface area contributed by atoms with Gasteiger partial charge in [-0.2, -0.15) is 0 Å². The van der Waals surface area contributed by atoms with Gasteiger partial charge in [-0.05, 0) is 25.3 Å². The van der Waals surface area contributed by atoms with E-state index in [2.05, 4.69) is 5.92 Å². The lowest BCUT2D eigenvalue weighted by Crippen LogP contribution is -2.39. The molecule has 0 N–H and O–H groups in total. The summed E-state index contributed by atoms with van der Waals surface area (Å²) in [6, 6.07) is 10.0. The van der Waals surface area contributed by atoms with E-state index in [0.29, 0.717) is 13.1 Å². The summed E-state index contributed by atoms with van der Waals surface area (Å²) in [5.74, 6) is 2.74. The third kappa shape index (κ3) is 2.06. The van der Waals surface area contributed by atoms with Crippen LogP contribution in [0.3, 0.4) is 0 Å². The van der Waals surface area contributed by atoms with Gasteiger partial charge in [-0.25, -0.2) is 0 Å². The first-order valence-electron chi connectivity index (χ1n) is 6.03. The van der Waals surface area contributed by atoms with Crippen LogP contribution in [0.4, 0.5) is 0 Å². The summed E-state index contributed by atoms with van der Waals surface area (Å²) < 4.78 is 0. The van der Waals surface area contributed by atoms with Crippen molar-refractivity contribution in [3.63, 3.8) is 0 Å². The molecule has 17 heavy (non-hydrogen) atoms. The van der Waals surface area contributed by atoms with Crippen LogP contribution in [-0.4, -0.2) is 23.9 Å². The molecule has 1 saturated carbocycles. The predicted octanol–water partition coefficient (Wildman–Crippen LogP) is 2.20. The van der Waals surface area contributed by atoms with E-state index in [1.165, 1.54) is 0 Å². The monoisotopic (exact) mass is 227 g/mol. The minimum Gasteiger partial charge on any atom is -0.331 e. The Morgan fingerprint density at radius 1 is 1.41 bits per heavy atom. The van der Waals surface area contributed by atoms with Crippen LogP contribution in [0.5, 0.6) is 0 Å². The van der Waals surface area contributed by atoms with Crippen molar-refractivity contribution in [2.75, 3.05) is 13.1 Å². The molecule has 88 valence electrons. The summed E-state index contributed by atoms with van der Waals surface area (Å²) in [6.45, 7) is 3.05. The summed E-state index contributed by atoms with van der Waals surface area (Å²) in [5, 5.41) is 0. The second-order valence-electron chi connectivity index (χ2n) is 4.47. The van der Waals surface area contributed by atoms with E-state index < -0.39 is 0 Å². The Bertz CT molecular complexity index is 440. The first-order valence-corrected chi connectivity index (χ1v) is 6.03. The molecule has 1 amide bonds. The average molecular weight is 227 g/mol. The van der Waals surface area contributed by atoms with Crippen LogP contribution in [0.25, 0.3) is 0 Å². The molecule has 2 rings (SSSR count). The number of terminal acetylenes is 1. The second-order valence-corrected chi connectivity index (χ2v) is 4.47. The number of rotatable bonds is 4. The van der Waals surface area contributed by atoms with Gasteiger partial charge in [0.1, 0.15) is 0 Å². The summed E-state index contributed by atoms with van der Waals surface area (Å²) in [6.07, 6.45) is 7.18. The fourth-order valence-electron chi connectivity index (χ4n) is 2.25. The molecule has 0 spiro atoms. The van der Waals surface area contributed by atoms with Gasteiger partial charge in [0.05, 0.1) is 12.0 Å². The first kappa shape index (κ1) is 11.7. The van der Waals surface area contributed by atoms with Crippen LogP contribution in [-0.2, 0) is 10.2 Å². The maximum Gasteiger partial charge on any atom is 0.234 e. The Morgan fingerprint density at radius 2 is 2.06 bits per heavy atom. The normalized spacial score (nSPS) is 16.0. The van der Waals surface area contributed by atoms with Crippen molar-refractivity contribution < 1.29 is 4.79 Å². The zero-order valence-electron chi connectivity index (χ0n) is 10.1. The summed E-state index contributed by atoms with van der Waals surface area (Å²) in [7, 11) is 0. The molecule has 0 saturated heterocycles. The van der Waals surface area contributed by atoms with Gasteiger partial charge in [0.15, 0.2) is 0 Å². The van der Waals surface area contributed by atoms with Crippen molar-refractivity contribution >= 4 is 5.91 Å². The molecule has 0 aromatic heterocycles. The molecule has 0 atom stereocenters. The fraction of sp³-hybridized carbons (Fsp3) is 0.400. The molecular weight excluding hydrogens is 210 g/mol. The molecule has 1 fully saturated rings. The Hall–Kier alpha value is -1.75. The number of benzene rings is 1. The standard InChI is InChI=1S/C15H17NO/c1-3-12-16(4-2)14(17)15(10-11-15)13-8-6-5-7-9-13/h1,5-9H,4,10-12H2,2H3. The highest BCUT2D eigenvalue weighted by Crippen LogP contribution is 2.49. The third-order valence-corrected chi connectivity index (χ3v) is 3.44. The van der Waals surface area contributed by atoms with Crippen molar-refractivity contribution in [1.29, 1.82) is 0 Å². The molecule has 2 heteroatoms. The van der Waals surface area contributed by atoms with Crippen LogP contribution in [0.2, 0.25) is 0 Å². The lowest BCUT2D eigenvalue weighted by Gasteiger charge is -2.24. The van der Waals surface area contributed by atoms with Crippen molar-refractivity contribution in [2.24, 2.45) is 0 Å². The number of carbonyl (C=O) groups excluding carboxylic acids is 1. The summed E-state index contributed by atoms with van der Waals surface area (Å²) in [4.78, 5) is 14.2. The molecule has 0 heterocycles. The van der Waals surface area contributed by atoms with E-state index in [1.807, 2.05) is 37.3 Å². The van der Waals surface area contributed by atoms with Gasteiger partial charge in [-0.3, -0.25) is 4.79 Å². The Morgan fingerprint density at radius 3 is 2.53 bits per heavy atom. The Kier molecular flexibility index (Phi) is 3.19. The van der Waals surface area contributed by atoms with E-state index in [1.54, 1.807) is 4.90 Å². The van der Waals surface area contributed by atoms with Crippen LogP contribution in [0.1, 0.15) is 25.3 Å². The van der Waals surface area contributed by atoms with E-state index in [4.69, 9.17) is 6.42 Å². The number of nitrogens with zero attached hydrogens (tertiary/aromatic N) is 1. The van der Waals surface area contributed by atoms with Crippen molar-refractivity contribution in [2.45, 2.75) is 25.2 Å². The Labute approximate surface area is 103 Å². The van der Waals surface area contributed by atoms with Crippen molar-refractivity contribution in [3.05, 3.63) is 35.9 Å². The molecule has 0 unspecified atom stereocenters. The fourth-order valence-corrected chi connectivity index (χ4v) is 2.25. The van der Waals surface area contributed by atoms with Gasteiger partial charge in [-0.15, -0.1) is 6.42 Å². The number of amides is 1. The Balaban J connectivity index is 2.22. The third-order valence-electron chi connectivity index (χ3n) is 3.44.